The van der Waals surface area contributed by atoms with Crippen molar-refractivity contribution in [2.45, 2.75) is 25.9 Å². The van der Waals surface area contributed by atoms with Crippen LogP contribution in [0.4, 0.5) is 5.69 Å². The van der Waals surface area contributed by atoms with Gasteiger partial charge in [-0.25, -0.2) is 0 Å². The van der Waals surface area contributed by atoms with E-state index in [0.29, 0.717) is 22.2 Å². The van der Waals surface area contributed by atoms with Gasteiger partial charge in [0.2, 0.25) is 0 Å². The van der Waals surface area contributed by atoms with E-state index in [2.05, 4.69) is 15.6 Å². The van der Waals surface area contributed by atoms with E-state index in [4.69, 9.17) is 27.9 Å². The van der Waals surface area contributed by atoms with E-state index in [0.717, 1.165) is 25.9 Å². The second kappa shape index (κ2) is 7.47. The largest absolute Gasteiger partial charge is 0.488 e. The summed E-state index contributed by atoms with van der Waals surface area (Å²) in [5, 5.41) is 6.73. The zero-order valence-electron chi connectivity index (χ0n) is 13.3. The number of aromatic amines is 1. The minimum atomic E-state index is -0.351. The fraction of sp³-hybridized carbons (Fsp3) is 0.353. The fourth-order valence-corrected chi connectivity index (χ4v) is 3.09. The standard InChI is InChI=1S/C17H19Cl2N3O2/c1-10-14(18)15(19)16(21-10)17(23)22-12-4-2-3-5-13(12)24-11-6-8-20-9-7-11/h2-5,11,20-21H,6-9H2,1H3,(H,22,23). The Balaban J connectivity index is 1.77. The molecule has 2 aromatic rings. The van der Waals surface area contributed by atoms with Crippen LogP contribution in [0.3, 0.4) is 0 Å². The van der Waals surface area contributed by atoms with Crippen LogP contribution < -0.4 is 15.4 Å². The molecule has 1 aliphatic rings. The number of benzene rings is 1. The van der Waals surface area contributed by atoms with Gasteiger partial charge in [-0.1, -0.05) is 35.3 Å². The second-order valence-corrected chi connectivity index (χ2v) is 6.53. The smallest absolute Gasteiger partial charge is 0.273 e. The number of piperidine rings is 1. The predicted molar refractivity (Wildman–Crippen MR) is 96.5 cm³/mol. The first kappa shape index (κ1) is 17.1. The van der Waals surface area contributed by atoms with E-state index in [-0.39, 0.29) is 22.7 Å². The highest BCUT2D eigenvalue weighted by Gasteiger charge is 2.20. The Morgan fingerprint density at radius 1 is 1.21 bits per heavy atom. The molecule has 0 bridgehead atoms. The molecule has 0 aliphatic carbocycles. The minimum Gasteiger partial charge on any atom is -0.488 e. The Hall–Kier alpha value is -1.69. The summed E-state index contributed by atoms with van der Waals surface area (Å²) < 4.78 is 6.06. The Kier molecular flexibility index (Phi) is 5.33. The molecule has 128 valence electrons. The number of carbonyl (C=O) groups excluding carboxylic acids is 1. The van der Waals surface area contributed by atoms with Gasteiger partial charge in [-0.3, -0.25) is 4.79 Å². The summed E-state index contributed by atoms with van der Waals surface area (Å²) in [5.74, 6) is 0.305. The van der Waals surface area contributed by atoms with Crippen molar-refractivity contribution in [3.8, 4) is 5.75 Å². The first-order valence-electron chi connectivity index (χ1n) is 7.87. The van der Waals surface area contributed by atoms with Gasteiger partial charge in [0.15, 0.2) is 0 Å². The summed E-state index contributed by atoms with van der Waals surface area (Å²) in [7, 11) is 0. The van der Waals surface area contributed by atoms with Crippen LogP contribution in [0.25, 0.3) is 0 Å². The van der Waals surface area contributed by atoms with Crippen molar-refractivity contribution in [3.63, 3.8) is 0 Å². The molecule has 1 aliphatic heterocycles. The number of hydrogen-bond acceptors (Lipinski definition) is 3. The van der Waals surface area contributed by atoms with Gasteiger partial charge < -0.3 is 20.4 Å². The zero-order chi connectivity index (χ0) is 17.1. The molecule has 7 heteroatoms. The third kappa shape index (κ3) is 3.69. The first-order chi connectivity index (χ1) is 11.6. The van der Waals surface area contributed by atoms with Gasteiger partial charge in [0.25, 0.3) is 5.91 Å². The highest BCUT2D eigenvalue weighted by molar-refractivity contribution is 6.44. The van der Waals surface area contributed by atoms with Crippen LogP contribution in [-0.2, 0) is 0 Å². The SMILES string of the molecule is Cc1[nH]c(C(=O)Nc2ccccc2OC2CCNCC2)c(Cl)c1Cl. The molecule has 0 radical (unpaired) electrons. The van der Waals surface area contributed by atoms with Crippen molar-refractivity contribution in [3.05, 3.63) is 45.7 Å². The Morgan fingerprint density at radius 2 is 1.92 bits per heavy atom. The molecule has 2 heterocycles. The first-order valence-corrected chi connectivity index (χ1v) is 8.63. The van der Waals surface area contributed by atoms with Gasteiger partial charge in [0.1, 0.15) is 17.5 Å². The van der Waals surface area contributed by atoms with Crippen molar-refractivity contribution < 1.29 is 9.53 Å². The minimum absolute atomic E-state index is 0.148. The summed E-state index contributed by atoms with van der Waals surface area (Å²) in [4.78, 5) is 15.4. The number of rotatable bonds is 4. The monoisotopic (exact) mass is 367 g/mol. The highest BCUT2D eigenvalue weighted by Crippen LogP contribution is 2.31. The summed E-state index contributed by atoms with van der Waals surface area (Å²) in [5.41, 5.74) is 1.52. The summed E-state index contributed by atoms with van der Waals surface area (Å²) in [6.45, 7) is 3.64. The molecule has 3 N–H and O–H groups in total. The lowest BCUT2D eigenvalue weighted by molar-refractivity contribution is 0.102. The second-order valence-electron chi connectivity index (χ2n) is 5.77. The molecule has 0 atom stereocenters. The van der Waals surface area contributed by atoms with E-state index in [1.807, 2.05) is 18.2 Å². The maximum Gasteiger partial charge on any atom is 0.273 e. The van der Waals surface area contributed by atoms with E-state index in [9.17, 15) is 4.79 Å². The van der Waals surface area contributed by atoms with E-state index in [1.165, 1.54) is 0 Å². The van der Waals surface area contributed by atoms with Crippen molar-refractivity contribution in [1.82, 2.24) is 10.3 Å². The Labute approximate surface area is 150 Å². The molecule has 0 saturated carbocycles. The van der Waals surface area contributed by atoms with Gasteiger partial charge in [0, 0.05) is 5.69 Å². The van der Waals surface area contributed by atoms with Gasteiger partial charge >= 0.3 is 0 Å². The average Bonchev–Trinajstić information content (AvgIpc) is 2.85. The number of anilines is 1. The van der Waals surface area contributed by atoms with E-state index >= 15 is 0 Å². The number of aryl methyl sites for hydroxylation is 1. The van der Waals surface area contributed by atoms with Crippen LogP contribution in [0, 0.1) is 6.92 Å². The van der Waals surface area contributed by atoms with Crippen LogP contribution in [0.5, 0.6) is 5.75 Å². The maximum absolute atomic E-state index is 12.5. The molecule has 1 aromatic heterocycles. The topological polar surface area (TPSA) is 66.2 Å². The maximum atomic E-state index is 12.5. The lowest BCUT2D eigenvalue weighted by atomic mass is 10.1. The van der Waals surface area contributed by atoms with Gasteiger partial charge in [-0.2, -0.15) is 0 Å². The number of amides is 1. The normalized spacial score (nSPS) is 15.3. The van der Waals surface area contributed by atoms with Crippen molar-refractivity contribution >= 4 is 34.8 Å². The highest BCUT2D eigenvalue weighted by atomic mass is 35.5. The van der Waals surface area contributed by atoms with Crippen LogP contribution in [0.2, 0.25) is 10.0 Å². The summed E-state index contributed by atoms with van der Waals surface area (Å²) in [6, 6.07) is 7.39. The van der Waals surface area contributed by atoms with Crippen LogP contribution in [-0.4, -0.2) is 30.1 Å². The molecule has 24 heavy (non-hydrogen) atoms. The third-order valence-corrected chi connectivity index (χ3v) is 4.94. The number of halogens is 2. The lowest BCUT2D eigenvalue weighted by Gasteiger charge is -2.25. The molecular weight excluding hydrogens is 349 g/mol. The summed E-state index contributed by atoms with van der Waals surface area (Å²) in [6.07, 6.45) is 2.04. The Morgan fingerprint density at radius 3 is 2.58 bits per heavy atom. The van der Waals surface area contributed by atoms with Crippen LogP contribution in [0.1, 0.15) is 29.0 Å². The molecule has 0 spiro atoms. The van der Waals surface area contributed by atoms with E-state index < -0.39 is 0 Å². The fourth-order valence-electron chi connectivity index (χ4n) is 2.68. The molecule has 1 fully saturated rings. The predicted octanol–water partition coefficient (Wildman–Crippen LogP) is 4.01. The number of aromatic nitrogens is 1. The average molecular weight is 368 g/mol. The zero-order valence-corrected chi connectivity index (χ0v) is 14.8. The lowest BCUT2D eigenvalue weighted by Crippen LogP contribution is -2.34. The van der Waals surface area contributed by atoms with Crippen LogP contribution in [0.15, 0.2) is 24.3 Å². The number of carbonyl (C=O) groups is 1. The molecule has 0 unspecified atom stereocenters. The molecule has 1 aromatic carbocycles. The van der Waals surface area contributed by atoms with Gasteiger partial charge in [-0.15, -0.1) is 0 Å². The van der Waals surface area contributed by atoms with Crippen molar-refractivity contribution in [2.24, 2.45) is 0 Å². The number of para-hydroxylation sites is 2. The molecule has 3 rings (SSSR count). The third-order valence-electron chi connectivity index (χ3n) is 4.00. The number of H-pyrrole nitrogens is 1. The van der Waals surface area contributed by atoms with Gasteiger partial charge in [-0.05, 0) is 45.0 Å². The van der Waals surface area contributed by atoms with Crippen molar-refractivity contribution in [2.75, 3.05) is 18.4 Å². The molecule has 1 amide bonds. The number of hydrogen-bond donors (Lipinski definition) is 3. The number of nitrogens with one attached hydrogen (secondary N) is 3. The van der Waals surface area contributed by atoms with Crippen molar-refractivity contribution in [1.29, 1.82) is 0 Å². The Bertz CT molecular complexity index is 739. The molecule has 5 nitrogen and oxygen atoms in total. The van der Waals surface area contributed by atoms with E-state index in [1.54, 1.807) is 13.0 Å². The quantitative estimate of drug-likeness (QED) is 0.764. The van der Waals surface area contributed by atoms with Gasteiger partial charge in [0.05, 0.1) is 15.7 Å². The van der Waals surface area contributed by atoms with Crippen LogP contribution >= 0.6 is 23.2 Å². The molecular formula is C17H19Cl2N3O2. The molecule has 1 saturated heterocycles. The number of ether oxygens (including phenoxy) is 1. The summed E-state index contributed by atoms with van der Waals surface area (Å²) >= 11 is 12.1.